The average molecular weight is 338 g/mol. The summed E-state index contributed by atoms with van der Waals surface area (Å²) in [5.74, 6) is 0. The van der Waals surface area contributed by atoms with Gasteiger partial charge in [-0.05, 0) is 24.3 Å². The van der Waals surface area contributed by atoms with Crippen LogP contribution >= 0.6 is 15.9 Å². The number of benzene rings is 2. The fourth-order valence-corrected chi connectivity index (χ4v) is 2.68. The van der Waals surface area contributed by atoms with Crippen LogP contribution in [0.2, 0.25) is 0 Å². The molecule has 0 amide bonds. The number of halogens is 1. The molecule has 0 spiro atoms. The molecule has 2 aromatic carbocycles. The van der Waals surface area contributed by atoms with E-state index in [9.17, 15) is 5.26 Å². The van der Waals surface area contributed by atoms with Gasteiger partial charge in [-0.3, -0.25) is 4.98 Å². The monoisotopic (exact) mass is 337 g/mol. The maximum Gasteiger partial charge on any atom is 0.142 e. The summed E-state index contributed by atoms with van der Waals surface area (Å²) < 4.78 is 0.972. The van der Waals surface area contributed by atoms with E-state index in [2.05, 4.69) is 32.3 Å². The summed E-state index contributed by atoms with van der Waals surface area (Å²) in [7, 11) is 0. The zero-order valence-electron chi connectivity index (χ0n) is 11.1. The number of fused-ring (bicyclic) bond motifs is 1. The predicted octanol–water partition coefficient (Wildman–Crippen LogP) is 4.67. The van der Waals surface area contributed by atoms with Crippen molar-refractivity contribution in [1.29, 1.82) is 5.26 Å². The third kappa shape index (κ3) is 2.88. The Morgan fingerprint density at radius 2 is 1.90 bits per heavy atom. The van der Waals surface area contributed by atoms with Gasteiger partial charge in [0.15, 0.2) is 0 Å². The standard InChI is InChI=1S/C17H12BrN3/c18-13-6-2-7-14(10-13)21-16(11-19)15-8-1-4-12-5-3-9-20-17(12)15/h1-10,16,21H. The third-order valence-corrected chi connectivity index (χ3v) is 3.73. The molecule has 4 heteroatoms. The molecule has 1 atom stereocenters. The molecule has 0 bridgehead atoms. The number of nitrogens with zero attached hydrogens (tertiary/aromatic N) is 2. The number of aromatic nitrogens is 1. The van der Waals surface area contributed by atoms with Crippen LogP contribution in [0.25, 0.3) is 10.9 Å². The van der Waals surface area contributed by atoms with Gasteiger partial charge in [-0.2, -0.15) is 5.26 Å². The molecule has 0 radical (unpaired) electrons. The van der Waals surface area contributed by atoms with Crippen molar-refractivity contribution in [2.75, 3.05) is 5.32 Å². The van der Waals surface area contributed by atoms with Crippen LogP contribution in [0.1, 0.15) is 11.6 Å². The highest BCUT2D eigenvalue weighted by Gasteiger charge is 2.14. The lowest BCUT2D eigenvalue weighted by Crippen LogP contribution is -2.09. The van der Waals surface area contributed by atoms with Crippen molar-refractivity contribution < 1.29 is 0 Å². The summed E-state index contributed by atoms with van der Waals surface area (Å²) in [6.45, 7) is 0. The summed E-state index contributed by atoms with van der Waals surface area (Å²) >= 11 is 3.43. The molecule has 3 rings (SSSR count). The van der Waals surface area contributed by atoms with Gasteiger partial charge >= 0.3 is 0 Å². The fraction of sp³-hybridized carbons (Fsp3) is 0.0588. The quantitative estimate of drug-likeness (QED) is 0.755. The summed E-state index contributed by atoms with van der Waals surface area (Å²) in [5.41, 5.74) is 2.63. The zero-order chi connectivity index (χ0) is 14.7. The molecule has 3 nitrogen and oxygen atoms in total. The minimum atomic E-state index is -0.446. The molecule has 3 aromatic rings. The fourth-order valence-electron chi connectivity index (χ4n) is 2.29. The highest BCUT2D eigenvalue weighted by atomic mass is 79.9. The van der Waals surface area contributed by atoms with Gasteiger partial charge in [0, 0.05) is 27.3 Å². The number of hydrogen-bond donors (Lipinski definition) is 1. The Bertz CT molecular complexity index is 818. The Morgan fingerprint density at radius 1 is 1.10 bits per heavy atom. The molecule has 0 saturated heterocycles. The molecule has 0 aliphatic carbocycles. The molecule has 1 heterocycles. The van der Waals surface area contributed by atoms with Crippen molar-refractivity contribution in [2.24, 2.45) is 0 Å². The van der Waals surface area contributed by atoms with Gasteiger partial charge in [0.25, 0.3) is 0 Å². The molecular weight excluding hydrogens is 326 g/mol. The van der Waals surface area contributed by atoms with E-state index in [4.69, 9.17) is 0 Å². The number of para-hydroxylation sites is 1. The van der Waals surface area contributed by atoms with E-state index in [-0.39, 0.29) is 0 Å². The molecule has 1 unspecified atom stereocenters. The number of nitrogens with one attached hydrogen (secondary N) is 1. The second-order valence-corrected chi connectivity index (χ2v) is 5.55. The van der Waals surface area contributed by atoms with E-state index in [1.54, 1.807) is 6.20 Å². The molecule has 0 saturated carbocycles. The summed E-state index contributed by atoms with van der Waals surface area (Å²) in [6, 6.07) is 19.4. The molecule has 0 fully saturated rings. The van der Waals surface area contributed by atoms with Gasteiger partial charge in [-0.1, -0.05) is 46.3 Å². The average Bonchev–Trinajstić information content (AvgIpc) is 2.52. The first kappa shape index (κ1) is 13.6. The summed E-state index contributed by atoms with van der Waals surface area (Å²) in [4.78, 5) is 4.41. The van der Waals surface area contributed by atoms with Crippen LogP contribution in [0, 0.1) is 11.3 Å². The minimum Gasteiger partial charge on any atom is -0.366 e. The van der Waals surface area contributed by atoms with Crippen molar-refractivity contribution in [3.8, 4) is 6.07 Å². The number of rotatable bonds is 3. The van der Waals surface area contributed by atoms with Crippen LogP contribution in [0.15, 0.2) is 65.3 Å². The highest BCUT2D eigenvalue weighted by molar-refractivity contribution is 9.10. The van der Waals surface area contributed by atoms with E-state index < -0.39 is 6.04 Å². The zero-order valence-corrected chi connectivity index (χ0v) is 12.7. The lowest BCUT2D eigenvalue weighted by molar-refractivity contribution is 1.00. The van der Waals surface area contributed by atoms with Crippen molar-refractivity contribution in [3.63, 3.8) is 0 Å². The lowest BCUT2D eigenvalue weighted by atomic mass is 10.0. The lowest BCUT2D eigenvalue weighted by Gasteiger charge is -2.15. The van der Waals surface area contributed by atoms with E-state index in [1.165, 1.54) is 0 Å². The first-order valence-electron chi connectivity index (χ1n) is 6.53. The Balaban J connectivity index is 2.01. The first-order valence-corrected chi connectivity index (χ1v) is 7.32. The van der Waals surface area contributed by atoms with E-state index in [0.29, 0.717) is 0 Å². The molecule has 21 heavy (non-hydrogen) atoms. The smallest absolute Gasteiger partial charge is 0.142 e. The Morgan fingerprint density at radius 3 is 2.71 bits per heavy atom. The maximum atomic E-state index is 9.52. The van der Waals surface area contributed by atoms with Crippen LogP contribution in [0.5, 0.6) is 0 Å². The molecule has 1 aromatic heterocycles. The number of pyridine rings is 1. The normalized spacial score (nSPS) is 11.8. The van der Waals surface area contributed by atoms with Crippen LogP contribution in [-0.4, -0.2) is 4.98 Å². The topological polar surface area (TPSA) is 48.7 Å². The Hall–Kier alpha value is -2.38. The Labute approximate surface area is 131 Å². The van der Waals surface area contributed by atoms with Crippen LogP contribution in [0.3, 0.4) is 0 Å². The minimum absolute atomic E-state index is 0.446. The molecule has 102 valence electrons. The van der Waals surface area contributed by atoms with Gasteiger partial charge in [-0.25, -0.2) is 0 Å². The van der Waals surface area contributed by atoms with Crippen molar-refractivity contribution >= 4 is 32.5 Å². The largest absolute Gasteiger partial charge is 0.366 e. The van der Waals surface area contributed by atoms with Crippen LogP contribution < -0.4 is 5.32 Å². The second kappa shape index (κ2) is 5.94. The maximum absolute atomic E-state index is 9.52. The number of hydrogen-bond acceptors (Lipinski definition) is 3. The van der Waals surface area contributed by atoms with Crippen LogP contribution in [0.4, 0.5) is 5.69 Å². The first-order chi connectivity index (χ1) is 10.3. The predicted molar refractivity (Wildman–Crippen MR) is 87.9 cm³/mol. The SMILES string of the molecule is N#CC(Nc1cccc(Br)c1)c1cccc2cccnc12. The third-order valence-electron chi connectivity index (χ3n) is 3.24. The van der Waals surface area contributed by atoms with Crippen molar-refractivity contribution in [1.82, 2.24) is 4.98 Å². The summed E-state index contributed by atoms with van der Waals surface area (Å²) in [5, 5.41) is 13.8. The van der Waals surface area contributed by atoms with Gasteiger partial charge in [0.2, 0.25) is 0 Å². The van der Waals surface area contributed by atoms with Crippen molar-refractivity contribution in [3.05, 3.63) is 70.8 Å². The Kier molecular flexibility index (Phi) is 3.85. The highest BCUT2D eigenvalue weighted by Crippen LogP contribution is 2.26. The van der Waals surface area contributed by atoms with Gasteiger partial charge in [-0.15, -0.1) is 0 Å². The molecular formula is C17H12BrN3. The van der Waals surface area contributed by atoms with Gasteiger partial charge < -0.3 is 5.32 Å². The number of anilines is 1. The van der Waals surface area contributed by atoms with Crippen molar-refractivity contribution in [2.45, 2.75) is 6.04 Å². The van der Waals surface area contributed by atoms with Crippen LogP contribution in [-0.2, 0) is 0 Å². The summed E-state index contributed by atoms with van der Waals surface area (Å²) in [6.07, 6.45) is 1.75. The van der Waals surface area contributed by atoms with Gasteiger partial charge in [0.05, 0.1) is 11.6 Å². The van der Waals surface area contributed by atoms with E-state index >= 15 is 0 Å². The van der Waals surface area contributed by atoms with E-state index in [1.807, 2.05) is 54.6 Å². The molecule has 0 aliphatic rings. The second-order valence-electron chi connectivity index (χ2n) is 4.64. The van der Waals surface area contributed by atoms with E-state index in [0.717, 1.165) is 26.6 Å². The molecule has 0 aliphatic heterocycles. The van der Waals surface area contributed by atoms with Gasteiger partial charge in [0.1, 0.15) is 6.04 Å². The number of nitriles is 1. The molecule has 1 N–H and O–H groups in total.